The molecule has 0 spiro atoms. The van der Waals surface area contributed by atoms with E-state index >= 15 is 0 Å². The van der Waals surface area contributed by atoms with Crippen molar-refractivity contribution in [1.29, 1.82) is 0 Å². The van der Waals surface area contributed by atoms with Crippen LogP contribution in [0.3, 0.4) is 0 Å². The number of hydrogen-bond acceptors (Lipinski definition) is 5. The van der Waals surface area contributed by atoms with Crippen LogP contribution in [0.15, 0.2) is 15.8 Å². The highest BCUT2D eigenvalue weighted by molar-refractivity contribution is 5.72. The Morgan fingerprint density at radius 3 is 2.42 bits per heavy atom. The zero-order valence-electron chi connectivity index (χ0n) is 10.1. The molecule has 0 radical (unpaired) electrons. The lowest BCUT2D eigenvalue weighted by atomic mass is 10.3. The minimum atomic E-state index is -1.43. The number of carboxylic acid groups (broad SMARTS) is 2. The molecule has 0 amide bonds. The van der Waals surface area contributed by atoms with Crippen LogP contribution in [0, 0.1) is 6.92 Å². The highest BCUT2D eigenvalue weighted by atomic mass is 16.4. The molecule has 1 aromatic rings. The Morgan fingerprint density at radius 1 is 1.37 bits per heavy atom. The van der Waals surface area contributed by atoms with Crippen molar-refractivity contribution in [3.8, 4) is 0 Å². The molecule has 1 heterocycles. The Hall–Kier alpha value is -2.42. The molecule has 0 saturated carbocycles. The van der Waals surface area contributed by atoms with Gasteiger partial charge in [-0.05, 0) is 6.92 Å². The lowest BCUT2D eigenvalue weighted by Gasteiger charge is -2.12. The van der Waals surface area contributed by atoms with E-state index in [0.29, 0.717) is 4.57 Å². The summed E-state index contributed by atoms with van der Waals surface area (Å²) in [5, 5.41) is 17.3. The Balaban J connectivity index is 3.34. The second-order valence-corrected chi connectivity index (χ2v) is 3.98. The highest BCUT2D eigenvalue weighted by Crippen LogP contribution is 1.90. The average Bonchev–Trinajstić information content (AvgIpc) is 2.30. The molecule has 0 bridgehead atoms. The van der Waals surface area contributed by atoms with Crippen molar-refractivity contribution in [2.75, 3.05) is 0 Å². The van der Waals surface area contributed by atoms with Gasteiger partial charge in [0, 0.05) is 11.8 Å². The van der Waals surface area contributed by atoms with Gasteiger partial charge in [-0.15, -0.1) is 0 Å². The van der Waals surface area contributed by atoms with E-state index in [-0.39, 0.29) is 5.56 Å². The molecule has 0 fully saturated rings. The molecule has 0 aromatic carbocycles. The van der Waals surface area contributed by atoms with Crippen LogP contribution in [0.25, 0.3) is 0 Å². The quantitative estimate of drug-likeness (QED) is 0.551. The van der Waals surface area contributed by atoms with E-state index in [1.54, 1.807) is 0 Å². The molecule has 9 heteroatoms. The van der Waals surface area contributed by atoms with Gasteiger partial charge in [-0.1, -0.05) is 0 Å². The van der Waals surface area contributed by atoms with Crippen LogP contribution in [-0.2, 0) is 22.7 Å². The number of aliphatic carboxylic acids is 2. The van der Waals surface area contributed by atoms with Crippen LogP contribution in [0.4, 0.5) is 0 Å². The topological polar surface area (TPSA) is 145 Å². The fourth-order valence-electron chi connectivity index (χ4n) is 1.49. The van der Waals surface area contributed by atoms with Crippen molar-refractivity contribution in [1.82, 2.24) is 9.13 Å². The van der Waals surface area contributed by atoms with Gasteiger partial charge in [-0.3, -0.25) is 23.5 Å². The Labute approximate surface area is 106 Å². The van der Waals surface area contributed by atoms with Gasteiger partial charge in [-0.25, -0.2) is 4.79 Å². The first-order valence-corrected chi connectivity index (χ1v) is 5.25. The molecule has 1 rings (SSSR count). The Kier molecular flexibility index (Phi) is 4.22. The van der Waals surface area contributed by atoms with Crippen LogP contribution in [0.1, 0.15) is 5.56 Å². The highest BCUT2D eigenvalue weighted by Gasteiger charge is 2.17. The number of nitrogens with zero attached hydrogens (tertiary/aromatic N) is 2. The molecule has 4 N–H and O–H groups in total. The molecular formula is C10H13N3O6. The SMILES string of the molecule is Cc1cn(CC(=O)O)c(=O)n(C[C@H](N)C(=O)O)c1=O. The monoisotopic (exact) mass is 271 g/mol. The van der Waals surface area contributed by atoms with E-state index in [4.69, 9.17) is 15.9 Å². The Morgan fingerprint density at radius 2 is 1.95 bits per heavy atom. The maximum atomic E-state index is 11.8. The Bertz CT molecular complexity index is 629. The zero-order chi connectivity index (χ0) is 14.7. The van der Waals surface area contributed by atoms with Crippen LogP contribution < -0.4 is 17.0 Å². The van der Waals surface area contributed by atoms with Gasteiger partial charge < -0.3 is 15.9 Å². The minimum absolute atomic E-state index is 0.124. The summed E-state index contributed by atoms with van der Waals surface area (Å²) < 4.78 is 1.44. The average molecular weight is 271 g/mol. The number of nitrogens with two attached hydrogens (primary N) is 1. The van der Waals surface area contributed by atoms with E-state index in [1.165, 1.54) is 6.92 Å². The van der Waals surface area contributed by atoms with Crippen molar-refractivity contribution in [3.63, 3.8) is 0 Å². The lowest BCUT2D eigenvalue weighted by Crippen LogP contribution is -2.47. The van der Waals surface area contributed by atoms with Gasteiger partial charge in [0.25, 0.3) is 5.56 Å². The molecule has 104 valence electrons. The van der Waals surface area contributed by atoms with Gasteiger partial charge >= 0.3 is 17.6 Å². The van der Waals surface area contributed by atoms with Crippen molar-refractivity contribution in [2.24, 2.45) is 5.73 Å². The number of carbonyl (C=O) groups is 2. The normalized spacial score (nSPS) is 12.1. The number of hydrogen-bond donors (Lipinski definition) is 3. The summed E-state index contributed by atoms with van der Waals surface area (Å²) in [7, 11) is 0. The standard InChI is InChI=1S/C10H13N3O6/c1-5-2-12(4-7(14)15)10(19)13(8(5)16)3-6(11)9(17)18/h2,6H,3-4,11H2,1H3,(H,14,15)(H,17,18)/t6-/m0/s1. The maximum Gasteiger partial charge on any atom is 0.331 e. The zero-order valence-corrected chi connectivity index (χ0v) is 10.1. The molecule has 19 heavy (non-hydrogen) atoms. The van der Waals surface area contributed by atoms with Crippen molar-refractivity contribution < 1.29 is 19.8 Å². The predicted molar refractivity (Wildman–Crippen MR) is 62.9 cm³/mol. The largest absolute Gasteiger partial charge is 0.480 e. The first-order chi connectivity index (χ1) is 8.73. The molecule has 0 unspecified atom stereocenters. The first-order valence-electron chi connectivity index (χ1n) is 5.25. The predicted octanol–water partition coefficient (Wildman–Crippen LogP) is -2.19. The third-order valence-electron chi connectivity index (χ3n) is 2.41. The molecular weight excluding hydrogens is 258 g/mol. The third-order valence-corrected chi connectivity index (χ3v) is 2.41. The van der Waals surface area contributed by atoms with Crippen LogP contribution in [0.5, 0.6) is 0 Å². The summed E-state index contributed by atoms with van der Waals surface area (Å²) in [5.74, 6) is -2.62. The van der Waals surface area contributed by atoms with Gasteiger partial charge in [0.15, 0.2) is 0 Å². The van der Waals surface area contributed by atoms with Crippen molar-refractivity contribution in [2.45, 2.75) is 26.1 Å². The minimum Gasteiger partial charge on any atom is -0.480 e. The lowest BCUT2D eigenvalue weighted by molar-refractivity contribution is -0.139. The summed E-state index contributed by atoms with van der Waals surface area (Å²) in [6.07, 6.45) is 1.11. The molecule has 1 aromatic heterocycles. The van der Waals surface area contributed by atoms with E-state index in [0.717, 1.165) is 10.8 Å². The number of aromatic nitrogens is 2. The maximum absolute atomic E-state index is 11.8. The second-order valence-electron chi connectivity index (χ2n) is 3.98. The molecule has 0 saturated heterocycles. The first kappa shape index (κ1) is 14.6. The molecule has 1 atom stereocenters. The van der Waals surface area contributed by atoms with Crippen LogP contribution in [-0.4, -0.2) is 37.3 Å². The number of rotatable bonds is 5. The molecule has 0 aliphatic rings. The smallest absolute Gasteiger partial charge is 0.331 e. The van der Waals surface area contributed by atoms with Gasteiger partial charge in [0.2, 0.25) is 0 Å². The van der Waals surface area contributed by atoms with E-state index in [1.807, 2.05) is 0 Å². The van der Waals surface area contributed by atoms with Crippen LogP contribution >= 0.6 is 0 Å². The fraction of sp³-hybridized carbons (Fsp3) is 0.400. The summed E-state index contributed by atoms with van der Waals surface area (Å²) in [4.78, 5) is 44.8. The molecule has 0 aliphatic heterocycles. The van der Waals surface area contributed by atoms with Crippen LogP contribution in [0.2, 0.25) is 0 Å². The van der Waals surface area contributed by atoms with Crippen molar-refractivity contribution in [3.05, 3.63) is 32.6 Å². The number of aryl methyl sites for hydroxylation is 1. The summed E-state index contributed by atoms with van der Waals surface area (Å²) in [5.41, 5.74) is 3.79. The van der Waals surface area contributed by atoms with E-state index in [9.17, 15) is 19.2 Å². The molecule has 9 nitrogen and oxygen atoms in total. The summed E-state index contributed by atoms with van der Waals surface area (Å²) in [6.45, 7) is 0.249. The fourth-order valence-corrected chi connectivity index (χ4v) is 1.49. The third kappa shape index (κ3) is 3.28. The summed E-state index contributed by atoms with van der Waals surface area (Å²) >= 11 is 0. The van der Waals surface area contributed by atoms with E-state index < -0.39 is 42.3 Å². The van der Waals surface area contributed by atoms with Gasteiger partial charge in [0.05, 0.1) is 6.54 Å². The number of carboxylic acids is 2. The van der Waals surface area contributed by atoms with Gasteiger partial charge in [-0.2, -0.15) is 0 Å². The molecule has 0 aliphatic carbocycles. The van der Waals surface area contributed by atoms with Crippen molar-refractivity contribution >= 4 is 11.9 Å². The van der Waals surface area contributed by atoms with E-state index in [2.05, 4.69) is 0 Å². The summed E-state index contributed by atoms with van der Waals surface area (Å²) in [6, 6.07) is -1.43. The second kappa shape index (κ2) is 5.48. The van der Waals surface area contributed by atoms with Gasteiger partial charge in [0.1, 0.15) is 12.6 Å².